The van der Waals surface area contributed by atoms with Crippen molar-refractivity contribution in [2.75, 3.05) is 13.2 Å². The van der Waals surface area contributed by atoms with Gasteiger partial charge in [-0.25, -0.2) is 0 Å². The van der Waals surface area contributed by atoms with Crippen LogP contribution in [0, 0.1) is 50.7 Å². The van der Waals surface area contributed by atoms with Crippen molar-refractivity contribution in [3.63, 3.8) is 0 Å². The lowest BCUT2D eigenvalue weighted by Crippen LogP contribution is -2.74. The number of ether oxygens (including phenoxy) is 3. The molecule has 0 aromatic carbocycles. The first-order chi connectivity index (χ1) is 21.0. The lowest BCUT2D eigenvalue weighted by Gasteiger charge is -2.74. The number of aliphatic hydroxyl groups excluding tert-OH is 4. The maximum atomic E-state index is 14.1. The normalized spacial score (nSPS) is 58.5. The van der Waals surface area contributed by atoms with Gasteiger partial charge in [0.05, 0.1) is 18.8 Å². The molecule has 5 aliphatic carbocycles. The Morgan fingerprint density at radius 3 is 2.13 bits per heavy atom. The van der Waals surface area contributed by atoms with Gasteiger partial charge in [-0.1, -0.05) is 34.1 Å². The first-order valence-electron chi connectivity index (χ1n) is 17.8. The average molecular weight is 635 g/mol. The van der Waals surface area contributed by atoms with E-state index in [9.17, 15) is 30.3 Å². The van der Waals surface area contributed by atoms with Crippen LogP contribution < -0.4 is 0 Å². The van der Waals surface area contributed by atoms with Gasteiger partial charge in [0.2, 0.25) is 0 Å². The second kappa shape index (κ2) is 10.1. The van der Waals surface area contributed by atoms with E-state index in [-0.39, 0.29) is 39.5 Å². The van der Waals surface area contributed by atoms with Crippen LogP contribution in [0.15, 0.2) is 0 Å². The van der Waals surface area contributed by atoms with Gasteiger partial charge in [-0.15, -0.1) is 0 Å². The molecule has 2 bridgehead atoms. The molecule has 15 unspecified atom stereocenters. The summed E-state index contributed by atoms with van der Waals surface area (Å²) in [6.07, 6.45) is 4.06. The van der Waals surface area contributed by atoms with E-state index in [0.29, 0.717) is 24.9 Å². The molecule has 7 fully saturated rings. The van der Waals surface area contributed by atoms with Crippen LogP contribution in [0.5, 0.6) is 0 Å². The number of hydrogen-bond donors (Lipinski definition) is 5. The number of carbonyl (C=O) groups is 1. The highest BCUT2D eigenvalue weighted by Crippen LogP contribution is 2.80. The minimum Gasteiger partial charge on any atom is -0.459 e. The molecule has 7 aliphatic rings. The maximum absolute atomic E-state index is 14.1. The molecule has 9 nitrogen and oxygen atoms in total. The Morgan fingerprint density at radius 2 is 1.42 bits per heavy atom. The van der Waals surface area contributed by atoms with Crippen LogP contribution in [0.3, 0.4) is 0 Å². The van der Waals surface area contributed by atoms with Crippen LogP contribution in [-0.2, 0) is 19.0 Å². The van der Waals surface area contributed by atoms with Gasteiger partial charge in [0.25, 0.3) is 0 Å². The Balaban J connectivity index is 1.16. The van der Waals surface area contributed by atoms with Gasteiger partial charge in [-0.3, -0.25) is 4.79 Å². The summed E-state index contributed by atoms with van der Waals surface area (Å²) in [4.78, 5) is 14.1. The van der Waals surface area contributed by atoms with Crippen molar-refractivity contribution in [1.29, 1.82) is 0 Å². The van der Waals surface area contributed by atoms with Crippen molar-refractivity contribution in [2.24, 2.45) is 50.7 Å². The Morgan fingerprint density at radius 1 is 0.756 bits per heavy atom. The molecular weight excluding hydrogens is 576 g/mol. The molecule has 7 rings (SSSR count). The highest BCUT2D eigenvalue weighted by Gasteiger charge is 2.80. The van der Waals surface area contributed by atoms with Crippen molar-refractivity contribution >= 4 is 5.97 Å². The summed E-state index contributed by atoms with van der Waals surface area (Å²) in [5, 5.41) is 53.3. The van der Waals surface area contributed by atoms with Crippen molar-refractivity contribution in [3.05, 3.63) is 0 Å². The fourth-order valence-corrected chi connectivity index (χ4v) is 13.9. The van der Waals surface area contributed by atoms with E-state index >= 15 is 0 Å². The third-order valence-corrected chi connectivity index (χ3v) is 16.2. The predicted molar refractivity (Wildman–Crippen MR) is 164 cm³/mol. The first-order valence-corrected chi connectivity index (χ1v) is 17.8. The summed E-state index contributed by atoms with van der Waals surface area (Å²) >= 11 is 0. The Kier molecular flexibility index (Phi) is 7.35. The molecule has 0 spiro atoms. The van der Waals surface area contributed by atoms with E-state index < -0.39 is 53.9 Å². The number of carbonyl (C=O) groups excluding carboxylic acids is 1. The average Bonchev–Trinajstić information content (AvgIpc) is 3.25. The third-order valence-electron chi connectivity index (χ3n) is 16.2. The molecule has 9 heteroatoms. The molecule has 2 aliphatic heterocycles. The SMILES string of the molecule is CC1(COC2OC(CO)C(O)C(O)C2O)CCCC2(C)C1CCC1(C)C2CCC2C1(C)CCC1(O)C3CCC21C(=O)OC3(C)C. The predicted octanol–water partition coefficient (Wildman–Crippen LogP) is 3.70. The molecule has 256 valence electrons. The van der Waals surface area contributed by atoms with Crippen LogP contribution in [0.1, 0.15) is 112 Å². The summed E-state index contributed by atoms with van der Waals surface area (Å²) in [6.45, 7) is 13.6. The quantitative estimate of drug-likeness (QED) is 0.292. The molecule has 0 amide bonds. The van der Waals surface area contributed by atoms with Crippen LogP contribution in [0.4, 0.5) is 0 Å². The fraction of sp³-hybridized carbons (Fsp3) is 0.972. The van der Waals surface area contributed by atoms with Gasteiger partial charge in [-0.05, 0) is 117 Å². The minimum atomic E-state index is -1.45. The zero-order valence-corrected chi connectivity index (χ0v) is 28.3. The van der Waals surface area contributed by atoms with Crippen LogP contribution in [-0.4, -0.2) is 86.6 Å². The third kappa shape index (κ3) is 3.95. The van der Waals surface area contributed by atoms with Crippen LogP contribution >= 0.6 is 0 Å². The van der Waals surface area contributed by atoms with Gasteiger partial charge in [-0.2, -0.15) is 0 Å². The van der Waals surface area contributed by atoms with Gasteiger partial charge in [0, 0.05) is 5.92 Å². The van der Waals surface area contributed by atoms with Crippen LogP contribution in [0.25, 0.3) is 0 Å². The lowest BCUT2D eigenvalue weighted by molar-refractivity contribution is -0.315. The number of cyclic esters (lactones) is 1. The number of hydrogen-bond acceptors (Lipinski definition) is 9. The molecule has 0 aromatic rings. The minimum absolute atomic E-state index is 0.0129. The molecule has 2 saturated heterocycles. The monoisotopic (exact) mass is 634 g/mol. The van der Waals surface area contributed by atoms with E-state index in [1.54, 1.807) is 0 Å². The van der Waals surface area contributed by atoms with Crippen molar-refractivity contribution in [2.45, 2.75) is 154 Å². The standard InChI is InChI=1S/C36H58O9/c1-30(2)21-11-15-35(29(41)45-30)24-9-8-23-32(4)13-7-12-31(3,19-43-28-27(40)26(39)25(38)20(18-37)44-28)22(32)10-14-33(23,5)34(24,6)16-17-36(21,35)42/h20-28,37-40,42H,7-19H2,1-6H3. The summed E-state index contributed by atoms with van der Waals surface area (Å²) in [5.41, 5.74) is -2.64. The second-order valence-electron chi connectivity index (χ2n) is 18.1. The zero-order valence-electron chi connectivity index (χ0n) is 28.3. The smallest absolute Gasteiger partial charge is 0.315 e. The summed E-state index contributed by atoms with van der Waals surface area (Å²) in [5.74, 6) is 0.777. The molecule has 0 radical (unpaired) electrons. The number of rotatable bonds is 4. The van der Waals surface area contributed by atoms with E-state index in [2.05, 4.69) is 27.7 Å². The summed E-state index contributed by atoms with van der Waals surface area (Å²) < 4.78 is 18.2. The Labute approximate surface area is 268 Å². The van der Waals surface area contributed by atoms with Gasteiger partial charge >= 0.3 is 5.97 Å². The van der Waals surface area contributed by atoms with E-state index in [0.717, 1.165) is 64.2 Å². The highest BCUT2D eigenvalue weighted by atomic mass is 16.7. The van der Waals surface area contributed by atoms with Gasteiger partial charge in [0.1, 0.15) is 35.4 Å². The molecule has 45 heavy (non-hydrogen) atoms. The number of aliphatic hydroxyl groups is 5. The zero-order chi connectivity index (χ0) is 32.6. The molecule has 5 saturated carbocycles. The van der Waals surface area contributed by atoms with Crippen molar-refractivity contribution in [3.8, 4) is 0 Å². The topological polar surface area (TPSA) is 146 Å². The van der Waals surface area contributed by atoms with Crippen molar-refractivity contribution in [1.82, 2.24) is 0 Å². The summed E-state index contributed by atoms with van der Waals surface area (Å²) in [7, 11) is 0. The molecule has 2 heterocycles. The maximum Gasteiger partial charge on any atom is 0.315 e. The van der Waals surface area contributed by atoms with Gasteiger partial charge < -0.3 is 39.7 Å². The van der Waals surface area contributed by atoms with Crippen molar-refractivity contribution < 1.29 is 44.5 Å². The molecule has 15 atom stereocenters. The largest absolute Gasteiger partial charge is 0.459 e. The highest BCUT2D eigenvalue weighted by molar-refractivity contribution is 5.82. The Bertz CT molecular complexity index is 1210. The van der Waals surface area contributed by atoms with E-state index in [1.165, 1.54) is 0 Å². The molecule has 5 N–H and O–H groups in total. The van der Waals surface area contributed by atoms with E-state index in [4.69, 9.17) is 14.2 Å². The van der Waals surface area contributed by atoms with Crippen LogP contribution in [0.2, 0.25) is 0 Å². The molecular formula is C36H58O9. The fourth-order valence-electron chi connectivity index (χ4n) is 13.9. The first kappa shape index (κ1) is 32.7. The number of fused-ring (bicyclic) bond motifs is 5. The van der Waals surface area contributed by atoms with Gasteiger partial charge in [0.15, 0.2) is 6.29 Å². The lowest BCUT2D eigenvalue weighted by atomic mass is 9.31. The number of esters is 1. The second-order valence-corrected chi connectivity index (χ2v) is 18.1. The Hall–Kier alpha value is -0.810. The molecule has 0 aromatic heterocycles. The summed E-state index contributed by atoms with van der Waals surface area (Å²) in [6, 6.07) is 0. The van der Waals surface area contributed by atoms with E-state index in [1.807, 2.05) is 13.8 Å².